The Labute approximate surface area is 150 Å². The SMILES string of the molecule is CCCOc1cccc(NC(C)C(=O)NCCc2ccccc2C)c1. The molecule has 2 aromatic carbocycles. The van der Waals surface area contributed by atoms with Crippen molar-refractivity contribution in [3.63, 3.8) is 0 Å². The molecule has 25 heavy (non-hydrogen) atoms. The molecule has 134 valence electrons. The normalized spacial score (nSPS) is 11.6. The number of nitrogens with one attached hydrogen (secondary N) is 2. The minimum atomic E-state index is -0.307. The van der Waals surface area contributed by atoms with E-state index in [2.05, 4.69) is 36.6 Å². The predicted molar refractivity (Wildman–Crippen MR) is 103 cm³/mol. The van der Waals surface area contributed by atoms with Gasteiger partial charge in [0.2, 0.25) is 5.91 Å². The zero-order valence-electron chi connectivity index (χ0n) is 15.3. The highest BCUT2D eigenvalue weighted by atomic mass is 16.5. The number of carbonyl (C=O) groups excluding carboxylic acids is 1. The van der Waals surface area contributed by atoms with Crippen LogP contribution in [0.3, 0.4) is 0 Å². The van der Waals surface area contributed by atoms with Gasteiger partial charge >= 0.3 is 0 Å². The van der Waals surface area contributed by atoms with Gasteiger partial charge in [0.25, 0.3) is 0 Å². The van der Waals surface area contributed by atoms with Gasteiger partial charge in [-0.3, -0.25) is 4.79 Å². The van der Waals surface area contributed by atoms with Crippen molar-refractivity contribution in [2.45, 2.75) is 39.7 Å². The molecule has 0 spiro atoms. The fourth-order valence-corrected chi connectivity index (χ4v) is 2.58. The molecule has 0 saturated carbocycles. The lowest BCUT2D eigenvalue weighted by molar-refractivity contribution is -0.121. The first kappa shape index (κ1) is 18.8. The first-order valence-electron chi connectivity index (χ1n) is 8.91. The average Bonchev–Trinajstić information content (AvgIpc) is 2.61. The van der Waals surface area contributed by atoms with Crippen LogP contribution >= 0.6 is 0 Å². The molecule has 1 unspecified atom stereocenters. The van der Waals surface area contributed by atoms with Crippen LogP contribution in [-0.2, 0) is 11.2 Å². The van der Waals surface area contributed by atoms with E-state index in [1.54, 1.807) is 0 Å². The van der Waals surface area contributed by atoms with Gasteiger partial charge in [-0.25, -0.2) is 0 Å². The van der Waals surface area contributed by atoms with Gasteiger partial charge in [0.15, 0.2) is 0 Å². The predicted octanol–water partition coefficient (Wildman–Crippen LogP) is 3.94. The Balaban J connectivity index is 1.81. The lowest BCUT2D eigenvalue weighted by Crippen LogP contribution is -2.38. The van der Waals surface area contributed by atoms with Crippen molar-refractivity contribution in [3.05, 3.63) is 59.7 Å². The molecule has 4 heteroatoms. The van der Waals surface area contributed by atoms with Crippen LogP contribution in [0.1, 0.15) is 31.4 Å². The van der Waals surface area contributed by atoms with E-state index in [1.807, 2.05) is 43.3 Å². The second kappa shape index (κ2) is 9.72. The van der Waals surface area contributed by atoms with Gasteiger partial charge in [-0.05, 0) is 49.9 Å². The monoisotopic (exact) mass is 340 g/mol. The highest BCUT2D eigenvalue weighted by Gasteiger charge is 2.12. The molecule has 4 nitrogen and oxygen atoms in total. The number of ether oxygens (including phenoxy) is 1. The Bertz CT molecular complexity index is 685. The summed E-state index contributed by atoms with van der Waals surface area (Å²) in [7, 11) is 0. The largest absolute Gasteiger partial charge is 0.494 e. The van der Waals surface area contributed by atoms with Crippen molar-refractivity contribution in [2.75, 3.05) is 18.5 Å². The van der Waals surface area contributed by atoms with E-state index in [-0.39, 0.29) is 11.9 Å². The van der Waals surface area contributed by atoms with Gasteiger partial charge in [-0.2, -0.15) is 0 Å². The molecule has 0 aliphatic rings. The van der Waals surface area contributed by atoms with E-state index in [4.69, 9.17) is 4.74 Å². The molecule has 1 atom stereocenters. The molecule has 0 aliphatic carbocycles. The fourth-order valence-electron chi connectivity index (χ4n) is 2.58. The van der Waals surface area contributed by atoms with Crippen LogP contribution in [-0.4, -0.2) is 25.1 Å². The Morgan fingerprint density at radius 2 is 1.96 bits per heavy atom. The van der Waals surface area contributed by atoms with Crippen molar-refractivity contribution < 1.29 is 9.53 Å². The van der Waals surface area contributed by atoms with Gasteiger partial charge in [0.05, 0.1) is 6.61 Å². The molecule has 0 aliphatic heterocycles. The summed E-state index contributed by atoms with van der Waals surface area (Å²) in [6.07, 6.45) is 1.81. The smallest absolute Gasteiger partial charge is 0.242 e. The Hall–Kier alpha value is -2.49. The van der Waals surface area contributed by atoms with Crippen LogP contribution in [0.15, 0.2) is 48.5 Å². The van der Waals surface area contributed by atoms with Crippen LogP contribution in [0.25, 0.3) is 0 Å². The lowest BCUT2D eigenvalue weighted by atomic mass is 10.1. The minimum absolute atomic E-state index is 0.00605. The number of carbonyl (C=O) groups is 1. The first-order chi connectivity index (χ1) is 12.1. The van der Waals surface area contributed by atoms with E-state index in [9.17, 15) is 4.79 Å². The molecule has 2 aromatic rings. The minimum Gasteiger partial charge on any atom is -0.494 e. The zero-order valence-corrected chi connectivity index (χ0v) is 15.3. The van der Waals surface area contributed by atoms with E-state index in [0.29, 0.717) is 13.2 Å². The second-order valence-electron chi connectivity index (χ2n) is 6.21. The molecule has 0 bridgehead atoms. The number of anilines is 1. The highest BCUT2D eigenvalue weighted by molar-refractivity contribution is 5.84. The number of benzene rings is 2. The quantitative estimate of drug-likeness (QED) is 0.727. The maximum atomic E-state index is 12.3. The molecule has 0 heterocycles. The molecular weight excluding hydrogens is 312 g/mol. The van der Waals surface area contributed by atoms with E-state index >= 15 is 0 Å². The number of rotatable bonds is 9. The number of amides is 1. The molecule has 2 rings (SSSR count). The molecule has 0 fully saturated rings. The Kier molecular flexibility index (Phi) is 7.33. The van der Waals surface area contributed by atoms with Gasteiger partial charge in [-0.1, -0.05) is 37.3 Å². The van der Waals surface area contributed by atoms with Crippen molar-refractivity contribution in [1.82, 2.24) is 5.32 Å². The summed E-state index contributed by atoms with van der Waals surface area (Å²) in [6.45, 7) is 7.36. The molecule has 0 saturated heterocycles. The third-order valence-electron chi connectivity index (χ3n) is 4.04. The van der Waals surface area contributed by atoms with Crippen molar-refractivity contribution in [3.8, 4) is 5.75 Å². The lowest BCUT2D eigenvalue weighted by Gasteiger charge is -2.16. The number of hydrogen-bond acceptors (Lipinski definition) is 3. The summed E-state index contributed by atoms with van der Waals surface area (Å²) in [5.41, 5.74) is 3.41. The van der Waals surface area contributed by atoms with Crippen molar-refractivity contribution >= 4 is 11.6 Å². The van der Waals surface area contributed by atoms with Crippen LogP contribution in [0.4, 0.5) is 5.69 Å². The van der Waals surface area contributed by atoms with Gasteiger partial charge < -0.3 is 15.4 Å². The number of hydrogen-bond donors (Lipinski definition) is 2. The van der Waals surface area contributed by atoms with Crippen LogP contribution in [0, 0.1) is 6.92 Å². The third-order valence-corrected chi connectivity index (χ3v) is 4.04. The summed E-state index contributed by atoms with van der Waals surface area (Å²) in [4.78, 5) is 12.3. The number of aryl methyl sites for hydroxylation is 1. The summed E-state index contributed by atoms with van der Waals surface area (Å²) in [6, 6.07) is 15.7. The van der Waals surface area contributed by atoms with Crippen molar-refractivity contribution in [2.24, 2.45) is 0 Å². The molecule has 0 aromatic heterocycles. The van der Waals surface area contributed by atoms with Gasteiger partial charge in [-0.15, -0.1) is 0 Å². The van der Waals surface area contributed by atoms with Gasteiger partial charge in [0, 0.05) is 18.3 Å². The fraction of sp³-hybridized carbons (Fsp3) is 0.381. The third kappa shape index (κ3) is 6.14. The Morgan fingerprint density at radius 3 is 2.72 bits per heavy atom. The highest BCUT2D eigenvalue weighted by Crippen LogP contribution is 2.18. The summed E-state index contributed by atoms with van der Waals surface area (Å²) in [5, 5.41) is 6.22. The standard InChI is InChI=1S/C21H28N2O2/c1-4-14-25-20-11-7-10-19(15-20)23-17(3)21(24)22-13-12-18-9-6-5-8-16(18)2/h5-11,15,17,23H,4,12-14H2,1-3H3,(H,22,24). The molecule has 2 N–H and O–H groups in total. The van der Waals surface area contributed by atoms with E-state index in [1.165, 1.54) is 11.1 Å². The van der Waals surface area contributed by atoms with Crippen LogP contribution < -0.4 is 15.4 Å². The summed E-state index contributed by atoms with van der Waals surface area (Å²) in [5.74, 6) is 0.812. The average molecular weight is 340 g/mol. The molecular formula is C21H28N2O2. The van der Waals surface area contributed by atoms with Crippen LogP contribution in [0.2, 0.25) is 0 Å². The topological polar surface area (TPSA) is 50.4 Å². The zero-order chi connectivity index (χ0) is 18.1. The second-order valence-corrected chi connectivity index (χ2v) is 6.21. The molecule has 0 radical (unpaired) electrons. The Morgan fingerprint density at radius 1 is 1.16 bits per heavy atom. The summed E-state index contributed by atoms with van der Waals surface area (Å²) >= 11 is 0. The van der Waals surface area contributed by atoms with E-state index in [0.717, 1.165) is 24.3 Å². The maximum absolute atomic E-state index is 12.3. The molecule has 1 amide bonds. The van der Waals surface area contributed by atoms with Crippen molar-refractivity contribution in [1.29, 1.82) is 0 Å². The van der Waals surface area contributed by atoms with Gasteiger partial charge in [0.1, 0.15) is 11.8 Å². The maximum Gasteiger partial charge on any atom is 0.242 e. The summed E-state index contributed by atoms with van der Waals surface area (Å²) < 4.78 is 5.62. The van der Waals surface area contributed by atoms with E-state index < -0.39 is 0 Å². The van der Waals surface area contributed by atoms with Crippen LogP contribution in [0.5, 0.6) is 5.75 Å². The first-order valence-corrected chi connectivity index (χ1v) is 8.91.